The van der Waals surface area contributed by atoms with E-state index in [1.165, 1.54) is 11.3 Å². The molecule has 0 saturated heterocycles. The standard InChI is InChI=1S/C20H30Cl3NO4SSi/c1-6-10-17(28-30(7-2,8-3)9-4)15(5)11-16-13-29-18(24-16)12-26-19(25)27-14-20(21,22)23/h6,11,13,17H,1,7-10,12,14H2,2-5H3/b15-11+. The van der Waals surface area contributed by atoms with Gasteiger partial charge in [-0.25, -0.2) is 9.78 Å². The van der Waals surface area contributed by atoms with Crippen LogP contribution in [0.4, 0.5) is 4.79 Å². The van der Waals surface area contributed by atoms with Crippen molar-refractivity contribution in [2.45, 2.75) is 68.8 Å². The monoisotopic (exact) mass is 513 g/mol. The molecule has 1 atom stereocenters. The van der Waals surface area contributed by atoms with Gasteiger partial charge in [0.1, 0.15) is 18.2 Å². The van der Waals surface area contributed by atoms with E-state index in [0.29, 0.717) is 5.01 Å². The summed E-state index contributed by atoms with van der Waals surface area (Å²) in [6, 6.07) is 3.27. The Hall–Kier alpha value is -0.573. The predicted octanol–water partition coefficient (Wildman–Crippen LogP) is 7.54. The normalized spacial score (nSPS) is 13.8. The maximum Gasteiger partial charge on any atom is 0.508 e. The number of rotatable bonds is 12. The molecule has 10 heteroatoms. The molecule has 0 fully saturated rings. The molecule has 170 valence electrons. The maximum atomic E-state index is 11.5. The van der Waals surface area contributed by atoms with E-state index in [2.05, 4.69) is 39.3 Å². The highest BCUT2D eigenvalue weighted by atomic mass is 35.6. The number of halogens is 3. The number of ether oxygens (including phenoxy) is 2. The van der Waals surface area contributed by atoms with Crippen LogP contribution in [0.15, 0.2) is 23.6 Å². The van der Waals surface area contributed by atoms with Crippen LogP contribution in [0.3, 0.4) is 0 Å². The first-order valence-electron chi connectivity index (χ1n) is 9.85. The summed E-state index contributed by atoms with van der Waals surface area (Å²) >= 11 is 18.0. The molecule has 1 heterocycles. The number of carbonyl (C=O) groups excluding carboxylic acids is 1. The summed E-state index contributed by atoms with van der Waals surface area (Å²) in [4.78, 5) is 16.0. The molecular weight excluding hydrogens is 485 g/mol. The van der Waals surface area contributed by atoms with E-state index < -0.39 is 18.3 Å². The van der Waals surface area contributed by atoms with E-state index in [9.17, 15) is 4.79 Å². The van der Waals surface area contributed by atoms with Crippen LogP contribution in [0, 0.1) is 0 Å². The molecule has 1 aromatic rings. The minimum absolute atomic E-state index is 0.00711. The number of hydrogen-bond donors (Lipinski definition) is 0. The number of carbonyl (C=O) groups is 1. The van der Waals surface area contributed by atoms with Crippen LogP contribution >= 0.6 is 46.1 Å². The highest BCUT2D eigenvalue weighted by Gasteiger charge is 2.32. The van der Waals surface area contributed by atoms with Crippen molar-refractivity contribution in [1.82, 2.24) is 4.98 Å². The fourth-order valence-corrected chi connectivity index (χ4v) is 6.58. The van der Waals surface area contributed by atoms with Gasteiger partial charge in [-0.05, 0) is 43.1 Å². The van der Waals surface area contributed by atoms with Crippen LogP contribution in [0.25, 0.3) is 6.08 Å². The fourth-order valence-electron chi connectivity index (χ4n) is 2.87. The second-order valence-electron chi connectivity index (χ2n) is 6.87. The van der Waals surface area contributed by atoms with Crippen molar-refractivity contribution in [2.24, 2.45) is 0 Å². The number of alkyl halides is 3. The van der Waals surface area contributed by atoms with Crippen LogP contribution < -0.4 is 0 Å². The summed E-state index contributed by atoms with van der Waals surface area (Å²) in [6.45, 7) is 12.2. The number of nitrogens with zero attached hydrogens (tertiary/aromatic N) is 1. The van der Waals surface area contributed by atoms with Crippen molar-refractivity contribution in [3.63, 3.8) is 0 Å². The molecule has 5 nitrogen and oxygen atoms in total. The van der Waals surface area contributed by atoms with Crippen molar-refractivity contribution in [3.05, 3.63) is 34.3 Å². The second-order valence-corrected chi connectivity index (χ2v) is 15.1. The molecule has 1 aromatic heterocycles. The quantitative estimate of drug-likeness (QED) is 0.125. The zero-order chi connectivity index (χ0) is 22.8. The molecule has 30 heavy (non-hydrogen) atoms. The predicted molar refractivity (Wildman–Crippen MR) is 129 cm³/mol. The average Bonchev–Trinajstić information content (AvgIpc) is 3.15. The summed E-state index contributed by atoms with van der Waals surface area (Å²) in [6.07, 6.45) is 3.74. The molecule has 1 rings (SSSR count). The number of thiazole rings is 1. The third kappa shape index (κ3) is 9.70. The number of hydrogen-bond acceptors (Lipinski definition) is 6. The molecule has 0 amide bonds. The topological polar surface area (TPSA) is 57.7 Å². The fraction of sp³-hybridized carbons (Fsp3) is 0.600. The third-order valence-electron chi connectivity index (χ3n) is 4.83. The summed E-state index contributed by atoms with van der Waals surface area (Å²) < 4.78 is 14.7. The molecular formula is C20H30Cl3NO4SSi. The minimum atomic E-state index is -1.75. The lowest BCUT2D eigenvalue weighted by Gasteiger charge is -2.33. The molecule has 0 aliphatic carbocycles. The van der Waals surface area contributed by atoms with Gasteiger partial charge in [0.25, 0.3) is 0 Å². The summed E-state index contributed by atoms with van der Waals surface area (Å²) in [5, 5.41) is 2.55. The first-order chi connectivity index (χ1) is 14.1. The SMILES string of the molecule is C=CCC(O[Si](CC)(CC)CC)/C(C)=C/c1csc(COC(=O)OCC(Cl)(Cl)Cl)n1. The first-order valence-corrected chi connectivity index (χ1v) is 14.4. The van der Waals surface area contributed by atoms with Crippen LogP contribution in [0.1, 0.15) is 44.8 Å². The van der Waals surface area contributed by atoms with Gasteiger partial charge in [-0.1, -0.05) is 61.7 Å². The van der Waals surface area contributed by atoms with E-state index in [1.54, 1.807) is 0 Å². The van der Waals surface area contributed by atoms with Crippen molar-refractivity contribution >= 4 is 66.7 Å². The average molecular weight is 515 g/mol. The molecule has 0 saturated carbocycles. The van der Waals surface area contributed by atoms with Crippen LogP contribution in [0.5, 0.6) is 0 Å². The lowest BCUT2D eigenvalue weighted by Crippen LogP contribution is -2.40. The van der Waals surface area contributed by atoms with Crippen LogP contribution in [-0.2, 0) is 20.5 Å². The van der Waals surface area contributed by atoms with Gasteiger partial charge in [-0.2, -0.15) is 0 Å². The largest absolute Gasteiger partial charge is 0.508 e. The van der Waals surface area contributed by atoms with Gasteiger partial charge in [-0.3, -0.25) is 0 Å². The Labute approximate surface area is 199 Å². The summed E-state index contributed by atoms with van der Waals surface area (Å²) in [5.41, 5.74) is 1.89. The van der Waals surface area contributed by atoms with Gasteiger partial charge < -0.3 is 13.9 Å². The summed E-state index contributed by atoms with van der Waals surface area (Å²) in [5.74, 6) is 0. The van der Waals surface area contributed by atoms with E-state index in [4.69, 9.17) is 48.7 Å². The Morgan fingerprint density at radius 1 is 1.27 bits per heavy atom. The second kappa shape index (κ2) is 13.1. The van der Waals surface area contributed by atoms with Gasteiger partial charge in [0.15, 0.2) is 8.32 Å². The van der Waals surface area contributed by atoms with Crippen molar-refractivity contribution in [1.29, 1.82) is 0 Å². The maximum absolute atomic E-state index is 11.5. The molecule has 0 radical (unpaired) electrons. The molecule has 1 unspecified atom stereocenters. The van der Waals surface area contributed by atoms with Crippen molar-refractivity contribution in [3.8, 4) is 0 Å². The van der Waals surface area contributed by atoms with E-state index >= 15 is 0 Å². The molecule has 0 aliphatic rings. The number of aromatic nitrogens is 1. The minimum Gasteiger partial charge on any atom is -0.430 e. The Morgan fingerprint density at radius 2 is 1.90 bits per heavy atom. The van der Waals surface area contributed by atoms with Gasteiger partial charge >= 0.3 is 6.16 Å². The zero-order valence-electron chi connectivity index (χ0n) is 17.9. The molecule has 0 aliphatic heterocycles. The molecule has 0 N–H and O–H groups in total. The Morgan fingerprint density at radius 3 is 2.43 bits per heavy atom. The first kappa shape index (κ1) is 27.5. The Balaban J connectivity index is 2.76. The van der Waals surface area contributed by atoms with E-state index in [1.807, 2.05) is 17.5 Å². The summed E-state index contributed by atoms with van der Waals surface area (Å²) in [7, 11) is -1.75. The molecule has 0 aromatic carbocycles. The Kier molecular flexibility index (Phi) is 12.0. The van der Waals surface area contributed by atoms with E-state index in [0.717, 1.165) is 35.8 Å². The van der Waals surface area contributed by atoms with Crippen LogP contribution in [-0.4, -0.2) is 36.0 Å². The van der Waals surface area contributed by atoms with Crippen molar-refractivity contribution in [2.75, 3.05) is 6.61 Å². The van der Waals surface area contributed by atoms with Crippen LogP contribution in [0.2, 0.25) is 18.1 Å². The highest BCUT2D eigenvalue weighted by molar-refractivity contribution is 7.09. The van der Waals surface area contributed by atoms with Gasteiger partial charge in [0, 0.05) is 5.38 Å². The third-order valence-corrected chi connectivity index (χ3v) is 10.6. The molecule has 0 bridgehead atoms. The molecule has 0 spiro atoms. The lowest BCUT2D eigenvalue weighted by atomic mass is 10.1. The highest BCUT2D eigenvalue weighted by Crippen LogP contribution is 2.28. The van der Waals surface area contributed by atoms with Crippen molar-refractivity contribution < 1.29 is 18.7 Å². The lowest BCUT2D eigenvalue weighted by molar-refractivity contribution is 0.0511. The smallest absolute Gasteiger partial charge is 0.430 e. The van der Waals surface area contributed by atoms with Gasteiger partial charge in [0.2, 0.25) is 3.79 Å². The Bertz CT molecular complexity index is 709. The van der Waals surface area contributed by atoms with Gasteiger partial charge in [0.05, 0.1) is 11.8 Å². The zero-order valence-corrected chi connectivity index (χ0v) is 22.0. The van der Waals surface area contributed by atoms with E-state index in [-0.39, 0.29) is 19.3 Å². The van der Waals surface area contributed by atoms with Gasteiger partial charge in [-0.15, -0.1) is 17.9 Å².